The van der Waals surface area contributed by atoms with E-state index < -0.39 is 18.2 Å². The van der Waals surface area contributed by atoms with E-state index in [4.69, 9.17) is 41.0 Å². The summed E-state index contributed by atoms with van der Waals surface area (Å²) in [7, 11) is 5.58. The Hall–Kier alpha value is -4.35. The van der Waals surface area contributed by atoms with Crippen molar-refractivity contribution in [1.29, 1.82) is 0 Å². The molecule has 3 aromatic rings. The van der Waals surface area contributed by atoms with Crippen LogP contribution in [0, 0.1) is 0 Å². The van der Waals surface area contributed by atoms with Gasteiger partial charge in [0.25, 0.3) is 0 Å². The summed E-state index contributed by atoms with van der Waals surface area (Å²) in [6.45, 7) is 3.27. The largest absolute Gasteiger partial charge is 0.508 e. The Labute approximate surface area is 242 Å². The smallest absolute Gasteiger partial charge is 0.481 e. The Morgan fingerprint density at radius 2 is 1.32 bits per heavy atom. The molecule has 1 atom stereocenters. The van der Waals surface area contributed by atoms with Crippen LogP contribution in [0.2, 0.25) is 0 Å². The maximum Gasteiger partial charge on any atom is 0.508 e. The van der Waals surface area contributed by atoms with Crippen LogP contribution in [-0.2, 0) is 12.5 Å². The van der Waals surface area contributed by atoms with E-state index >= 15 is 0 Å². The molecule has 0 radical (unpaired) electrons. The third-order valence-corrected chi connectivity index (χ3v) is 5.35. The highest BCUT2D eigenvalue weighted by atomic mass is 127. The second kappa shape index (κ2) is 14.2. The molecular formula is C24H25IN4O11. The SMILES string of the molecule is CCOC(=O)OC(C)c1ccc(Oc2nc(OC)cc(OC)n2)c(C(=O)OI)c1Oc1nc(OC)cc(OC)n1. The number of ether oxygens (including phenoxy) is 8. The van der Waals surface area contributed by atoms with Crippen molar-refractivity contribution in [2.24, 2.45) is 0 Å². The Morgan fingerprint density at radius 1 is 0.825 bits per heavy atom. The highest BCUT2D eigenvalue weighted by Gasteiger charge is 2.30. The van der Waals surface area contributed by atoms with Crippen molar-refractivity contribution in [3.8, 4) is 47.0 Å². The molecular weight excluding hydrogens is 647 g/mol. The van der Waals surface area contributed by atoms with Gasteiger partial charge in [0, 0.05) is 5.56 Å². The number of aromatic nitrogens is 4. The molecule has 16 heteroatoms. The van der Waals surface area contributed by atoms with Crippen molar-refractivity contribution in [3.63, 3.8) is 0 Å². The topological polar surface area (TPSA) is 169 Å². The third-order valence-electron chi connectivity index (χ3n) is 4.95. The number of benzene rings is 1. The summed E-state index contributed by atoms with van der Waals surface area (Å²) in [5, 5.41) is 0. The van der Waals surface area contributed by atoms with Crippen molar-refractivity contribution in [2.45, 2.75) is 20.0 Å². The molecule has 1 aromatic carbocycles. The zero-order valence-corrected chi connectivity index (χ0v) is 24.4. The number of methoxy groups -OCH3 is 4. The Balaban J connectivity index is 2.21. The van der Waals surface area contributed by atoms with E-state index in [9.17, 15) is 9.59 Å². The van der Waals surface area contributed by atoms with Gasteiger partial charge in [-0.3, -0.25) is 0 Å². The third kappa shape index (κ3) is 7.39. The van der Waals surface area contributed by atoms with Crippen molar-refractivity contribution in [1.82, 2.24) is 19.9 Å². The fourth-order valence-corrected chi connectivity index (χ4v) is 3.37. The number of halogens is 1. The maximum atomic E-state index is 13.1. The van der Waals surface area contributed by atoms with E-state index in [-0.39, 0.29) is 64.8 Å². The van der Waals surface area contributed by atoms with Gasteiger partial charge >= 0.3 is 24.1 Å². The molecule has 0 spiro atoms. The van der Waals surface area contributed by atoms with Crippen LogP contribution in [0.25, 0.3) is 0 Å². The number of hydrogen-bond acceptors (Lipinski definition) is 15. The van der Waals surface area contributed by atoms with Gasteiger partial charge < -0.3 is 41.0 Å². The minimum Gasteiger partial charge on any atom is -0.481 e. The van der Waals surface area contributed by atoms with Crippen molar-refractivity contribution in [3.05, 3.63) is 35.4 Å². The predicted molar refractivity (Wildman–Crippen MR) is 143 cm³/mol. The highest BCUT2D eigenvalue weighted by molar-refractivity contribution is 14.1. The molecule has 2 aromatic heterocycles. The zero-order chi connectivity index (χ0) is 29.2. The van der Waals surface area contributed by atoms with Gasteiger partial charge in [-0.15, -0.1) is 0 Å². The van der Waals surface area contributed by atoms with E-state index in [0.717, 1.165) is 0 Å². The van der Waals surface area contributed by atoms with E-state index in [0.29, 0.717) is 0 Å². The number of carbonyl (C=O) groups excluding carboxylic acids is 2. The van der Waals surface area contributed by atoms with Crippen LogP contribution in [0.3, 0.4) is 0 Å². The van der Waals surface area contributed by atoms with Crippen LogP contribution < -0.4 is 28.4 Å². The molecule has 15 nitrogen and oxygen atoms in total. The summed E-state index contributed by atoms with van der Waals surface area (Å²) in [5.41, 5.74) is -0.0197. The number of nitrogens with zero attached hydrogens (tertiary/aromatic N) is 4. The minimum absolute atomic E-state index is 0.0890. The fraction of sp³-hybridized carbons (Fsp3) is 0.333. The first-order valence-corrected chi connectivity index (χ1v) is 12.3. The highest BCUT2D eigenvalue weighted by Crippen LogP contribution is 2.41. The summed E-state index contributed by atoms with van der Waals surface area (Å²) < 4.78 is 47.7. The molecule has 0 aliphatic heterocycles. The lowest BCUT2D eigenvalue weighted by atomic mass is 10.0. The Kier molecular flexibility index (Phi) is 10.7. The van der Waals surface area contributed by atoms with Crippen LogP contribution in [0.4, 0.5) is 4.79 Å². The van der Waals surface area contributed by atoms with E-state index in [1.165, 1.54) is 75.7 Å². The van der Waals surface area contributed by atoms with Crippen LogP contribution in [-0.4, -0.2) is 67.1 Å². The standard InChI is InChI=1S/C24H25IN4O11/c1-7-36-24(31)37-12(2)13-8-9-14(38-22-26-15(32-3)10-16(27-22)33-4)19(21(30)40-25)20(13)39-23-28-17(34-5)11-18(29-23)35-6/h8-12H,7H2,1-6H3. The van der Waals surface area contributed by atoms with Crippen LogP contribution in [0.1, 0.15) is 35.9 Å². The molecule has 0 bridgehead atoms. The molecule has 0 aliphatic carbocycles. The lowest BCUT2D eigenvalue weighted by molar-refractivity contribution is 0.0311. The van der Waals surface area contributed by atoms with Gasteiger partial charge in [-0.1, -0.05) is 0 Å². The zero-order valence-electron chi connectivity index (χ0n) is 22.3. The Bertz CT molecular complexity index is 1310. The molecule has 0 saturated heterocycles. The molecule has 0 saturated carbocycles. The predicted octanol–water partition coefficient (Wildman–Crippen LogP) is 4.63. The van der Waals surface area contributed by atoms with Gasteiger partial charge in [0.2, 0.25) is 23.5 Å². The van der Waals surface area contributed by atoms with Crippen LogP contribution in [0.15, 0.2) is 24.3 Å². The lowest BCUT2D eigenvalue weighted by Gasteiger charge is -2.20. The molecule has 3 rings (SSSR count). The van der Waals surface area contributed by atoms with Gasteiger partial charge in [0.05, 0.1) is 47.2 Å². The molecule has 0 aliphatic rings. The van der Waals surface area contributed by atoms with Crippen molar-refractivity contribution >= 4 is 35.1 Å². The van der Waals surface area contributed by atoms with Gasteiger partial charge in [0.1, 0.15) is 17.4 Å². The number of hydrogen-bond donors (Lipinski definition) is 0. The van der Waals surface area contributed by atoms with Gasteiger partial charge in [-0.25, -0.2) is 9.59 Å². The fourth-order valence-electron chi connectivity index (χ4n) is 3.15. The molecule has 0 N–H and O–H groups in total. The summed E-state index contributed by atoms with van der Waals surface area (Å²) in [6.07, 6.45) is -1.92. The lowest BCUT2D eigenvalue weighted by Crippen LogP contribution is -2.14. The first-order chi connectivity index (χ1) is 19.3. The monoisotopic (exact) mass is 672 g/mol. The van der Waals surface area contributed by atoms with Gasteiger partial charge in [-0.05, 0) is 26.0 Å². The molecule has 214 valence electrons. The average molecular weight is 672 g/mol. The molecule has 1 unspecified atom stereocenters. The molecule has 2 heterocycles. The van der Waals surface area contributed by atoms with E-state index in [2.05, 4.69) is 19.9 Å². The maximum absolute atomic E-state index is 13.1. The molecule has 0 fully saturated rings. The van der Waals surface area contributed by atoms with E-state index in [1.54, 1.807) is 13.8 Å². The first-order valence-electron chi connectivity index (χ1n) is 11.4. The average Bonchev–Trinajstić information content (AvgIpc) is 2.96. The summed E-state index contributed by atoms with van der Waals surface area (Å²) in [6, 6.07) is 5.29. The Morgan fingerprint density at radius 3 is 1.77 bits per heavy atom. The first kappa shape index (κ1) is 30.2. The number of rotatable bonds is 12. The summed E-state index contributed by atoms with van der Waals surface area (Å²) >= 11 is 1.41. The minimum atomic E-state index is -0.982. The summed E-state index contributed by atoms with van der Waals surface area (Å²) in [4.78, 5) is 41.7. The van der Waals surface area contributed by atoms with Gasteiger partial charge in [0.15, 0.2) is 28.8 Å². The normalized spacial score (nSPS) is 11.1. The van der Waals surface area contributed by atoms with Crippen molar-refractivity contribution < 1.29 is 50.6 Å². The quantitative estimate of drug-likeness (QED) is 0.193. The van der Waals surface area contributed by atoms with Crippen molar-refractivity contribution in [2.75, 3.05) is 35.0 Å². The number of carbonyl (C=O) groups is 2. The molecule has 40 heavy (non-hydrogen) atoms. The molecule has 0 amide bonds. The second-order valence-corrected chi connectivity index (χ2v) is 7.78. The second-order valence-electron chi connectivity index (χ2n) is 7.34. The van der Waals surface area contributed by atoms with Crippen LogP contribution >= 0.6 is 23.0 Å². The van der Waals surface area contributed by atoms with E-state index in [1.807, 2.05) is 0 Å². The van der Waals surface area contributed by atoms with Gasteiger partial charge in [-0.2, -0.15) is 19.9 Å². The summed E-state index contributed by atoms with van der Waals surface area (Å²) in [5.74, 6) is -0.638. The van der Waals surface area contributed by atoms with Crippen LogP contribution in [0.5, 0.6) is 47.0 Å².